The number of nitrogens with one attached hydrogen (secondary N) is 2. The van der Waals surface area contributed by atoms with Crippen LogP contribution < -0.4 is 10.6 Å². The first-order chi connectivity index (χ1) is 12.8. The molecule has 0 unspecified atom stereocenters. The third-order valence-electron chi connectivity index (χ3n) is 4.04. The number of carbonyl (C=O) groups excluding carboxylic acids is 2. The Balaban J connectivity index is 1.98. The van der Waals surface area contributed by atoms with E-state index in [0.717, 1.165) is 4.47 Å². The number of rotatable bonds is 8. The highest BCUT2D eigenvalue weighted by Crippen LogP contribution is 2.49. The van der Waals surface area contributed by atoms with Gasteiger partial charge in [0.25, 0.3) is 0 Å². The molecule has 1 aliphatic rings. The van der Waals surface area contributed by atoms with E-state index in [2.05, 4.69) is 26.6 Å². The number of nitrogens with zero attached hydrogens (tertiary/aromatic N) is 1. The van der Waals surface area contributed by atoms with Gasteiger partial charge in [0.05, 0.1) is 13.2 Å². The van der Waals surface area contributed by atoms with Gasteiger partial charge in [-0.1, -0.05) is 22.9 Å². The molecule has 27 heavy (non-hydrogen) atoms. The van der Waals surface area contributed by atoms with E-state index in [1.54, 1.807) is 38.1 Å². The van der Waals surface area contributed by atoms with Crippen molar-refractivity contribution in [1.82, 2.24) is 10.2 Å². The molecule has 1 saturated heterocycles. The molecule has 0 bridgehead atoms. The second-order valence-electron chi connectivity index (χ2n) is 6.21. The minimum absolute atomic E-state index is 0.121. The average molecular weight is 462 g/mol. The molecule has 2 atom stereocenters. The number of anilines is 1. The average Bonchev–Trinajstić information content (AvgIpc) is 2.84. The molecular weight excluding hydrogens is 437 g/mol. The van der Waals surface area contributed by atoms with Gasteiger partial charge >= 0.3 is 13.6 Å². The Labute approximate surface area is 167 Å². The van der Waals surface area contributed by atoms with E-state index < -0.39 is 19.7 Å². The molecule has 1 aromatic rings. The SMILES string of the molecule is CCOP(=O)(CN1C[C@H](C)[C@H](NC(=O)Nc2ccc(Br)cc2)C1=O)OCC. The standard InChI is InChI=1S/C17H25BrN3O5P/c1-4-25-27(24,26-5-2)11-21-10-12(3)15(16(21)22)20-17(23)19-14-8-6-13(18)7-9-14/h6-9,12,15H,4-5,10-11H2,1-3H3,(H2,19,20,23)/t12-,15-/m0/s1. The summed E-state index contributed by atoms with van der Waals surface area (Å²) in [6, 6.07) is 5.94. The number of carbonyl (C=O) groups is 2. The van der Waals surface area contributed by atoms with Crippen LogP contribution in [-0.4, -0.2) is 48.9 Å². The molecule has 150 valence electrons. The second kappa shape index (κ2) is 9.68. The highest BCUT2D eigenvalue weighted by atomic mass is 79.9. The van der Waals surface area contributed by atoms with Crippen molar-refractivity contribution in [2.45, 2.75) is 26.8 Å². The Kier molecular flexibility index (Phi) is 7.85. The number of urea groups is 1. The summed E-state index contributed by atoms with van der Waals surface area (Å²) in [5.41, 5.74) is 0.614. The maximum absolute atomic E-state index is 12.7. The van der Waals surface area contributed by atoms with Gasteiger partial charge in [0.2, 0.25) is 5.91 Å². The van der Waals surface area contributed by atoms with Gasteiger partial charge in [-0.3, -0.25) is 9.36 Å². The third kappa shape index (κ3) is 6.04. The summed E-state index contributed by atoms with van der Waals surface area (Å²) in [6.07, 6.45) is -0.121. The molecular formula is C17H25BrN3O5P. The van der Waals surface area contributed by atoms with E-state index in [9.17, 15) is 14.2 Å². The first-order valence-corrected chi connectivity index (χ1v) is 11.3. The molecule has 0 aliphatic carbocycles. The molecule has 0 aromatic heterocycles. The van der Waals surface area contributed by atoms with Crippen LogP contribution >= 0.6 is 23.5 Å². The molecule has 2 N–H and O–H groups in total. The maximum atomic E-state index is 12.7. The van der Waals surface area contributed by atoms with Gasteiger partial charge in [0.15, 0.2) is 0 Å². The second-order valence-corrected chi connectivity index (χ2v) is 9.15. The Morgan fingerprint density at radius 1 is 1.26 bits per heavy atom. The molecule has 2 rings (SSSR count). The molecule has 0 spiro atoms. The Morgan fingerprint density at radius 3 is 2.41 bits per heavy atom. The van der Waals surface area contributed by atoms with Gasteiger partial charge in [0.1, 0.15) is 12.3 Å². The highest BCUT2D eigenvalue weighted by molar-refractivity contribution is 9.10. The minimum Gasteiger partial charge on any atom is -0.329 e. The van der Waals surface area contributed by atoms with Crippen molar-refractivity contribution in [3.05, 3.63) is 28.7 Å². The van der Waals surface area contributed by atoms with Gasteiger partial charge in [0, 0.05) is 22.6 Å². The van der Waals surface area contributed by atoms with Crippen LogP contribution in [0.25, 0.3) is 0 Å². The first-order valence-electron chi connectivity index (χ1n) is 8.78. The Morgan fingerprint density at radius 2 is 1.85 bits per heavy atom. The zero-order chi connectivity index (χ0) is 20.0. The minimum atomic E-state index is -3.38. The summed E-state index contributed by atoms with van der Waals surface area (Å²) >= 11 is 3.33. The molecule has 1 fully saturated rings. The third-order valence-corrected chi connectivity index (χ3v) is 6.56. The number of halogens is 1. The lowest BCUT2D eigenvalue weighted by molar-refractivity contribution is -0.128. The lowest BCUT2D eigenvalue weighted by atomic mass is 10.1. The van der Waals surface area contributed by atoms with Crippen LogP contribution in [-0.2, 0) is 18.4 Å². The molecule has 0 radical (unpaired) electrons. The van der Waals surface area contributed by atoms with Crippen molar-refractivity contribution < 1.29 is 23.2 Å². The lowest BCUT2D eigenvalue weighted by Crippen LogP contribution is -2.45. The molecule has 1 heterocycles. The Bertz CT molecular complexity index is 705. The fourth-order valence-corrected chi connectivity index (χ4v) is 4.84. The summed E-state index contributed by atoms with van der Waals surface area (Å²) in [7, 11) is -3.38. The molecule has 10 heteroatoms. The van der Waals surface area contributed by atoms with E-state index in [4.69, 9.17) is 9.05 Å². The predicted octanol–water partition coefficient (Wildman–Crippen LogP) is 3.64. The summed E-state index contributed by atoms with van der Waals surface area (Å²) < 4.78 is 24.1. The molecule has 1 aromatic carbocycles. The molecule has 0 saturated carbocycles. The molecule has 8 nitrogen and oxygen atoms in total. The van der Waals surface area contributed by atoms with Crippen molar-refractivity contribution in [3.8, 4) is 0 Å². The van der Waals surface area contributed by atoms with E-state index in [1.165, 1.54) is 4.90 Å². The monoisotopic (exact) mass is 461 g/mol. The fraction of sp³-hybridized carbons (Fsp3) is 0.529. The normalized spacial score (nSPS) is 20.0. The first kappa shape index (κ1) is 21.9. The van der Waals surface area contributed by atoms with Crippen LogP contribution in [0.3, 0.4) is 0 Å². The largest absolute Gasteiger partial charge is 0.349 e. The quantitative estimate of drug-likeness (QED) is 0.576. The van der Waals surface area contributed by atoms with Crippen LogP contribution in [0.15, 0.2) is 28.7 Å². The highest BCUT2D eigenvalue weighted by Gasteiger charge is 2.42. The van der Waals surface area contributed by atoms with Crippen LogP contribution in [0.5, 0.6) is 0 Å². The topological polar surface area (TPSA) is 97.0 Å². The zero-order valence-corrected chi connectivity index (χ0v) is 18.1. The smallest absolute Gasteiger partial charge is 0.329 e. The summed E-state index contributed by atoms with van der Waals surface area (Å²) in [4.78, 5) is 26.3. The van der Waals surface area contributed by atoms with E-state index in [-0.39, 0.29) is 31.3 Å². The number of benzene rings is 1. The van der Waals surface area contributed by atoms with Crippen molar-refractivity contribution in [3.63, 3.8) is 0 Å². The van der Waals surface area contributed by atoms with E-state index in [1.807, 2.05) is 6.92 Å². The van der Waals surface area contributed by atoms with E-state index >= 15 is 0 Å². The number of likely N-dealkylation sites (tertiary alicyclic amines) is 1. The number of hydrogen-bond acceptors (Lipinski definition) is 5. The summed E-state index contributed by atoms with van der Waals surface area (Å²) in [6.45, 7) is 6.12. The number of hydrogen-bond donors (Lipinski definition) is 2. The van der Waals surface area contributed by atoms with Crippen LogP contribution in [0.2, 0.25) is 0 Å². The summed E-state index contributed by atoms with van der Waals surface area (Å²) in [5.74, 6) is -0.432. The van der Waals surface area contributed by atoms with Gasteiger partial charge in [-0.15, -0.1) is 0 Å². The lowest BCUT2D eigenvalue weighted by Gasteiger charge is -2.23. The van der Waals surface area contributed by atoms with Crippen LogP contribution in [0.1, 0.15) is 20.8 Å². The molecule has 3 amide bonds. The van der Waals surface area contributed by atoms with Gasteiger partial charge < -0.3 is 24.6 Å². The maximum Gasteiger partial charge on any atom is 0.349 e. The fourth-order valence-electron chi connectivity index (χ4n) is 2.88. The van der Waals surface area contributed by atoms with Gasteiger partial charge in [-0.25, -0.2) is 4.79 Å². The van der Waals surface area contributed by atoms with Crippen molar-refractivity contribution in [2.75, 3.05) is 31.4 Å². The molecule has 1 aliphatic heterocycles. The van der Waals surface area contributed by atoms with Crippen molar-refractivity contribution in [1.29, 1.82) is 0 Å². The van der Waals surface area contributed by atoms with Crippen LogP contribution in [0, 0.1) is 5.92 Å². The van der Waals surface area contributed by atoms with Gasteiger partial charge in [-0.2, -0.15) is 0 Å². The predicted molar refractivity (Wildman–Crippen MR) is 107 cm³/mol. The van der Waals surface area contributed by atoms with Gasteiger partial charge in [-0.05, 0) is 38.1 Å². The zero-order valence-electron chi connectivity index (χ0n) is 15.6. The summed E-state index contributed by atoms with van der Waals surface area (Å²) in [5, 5.41) is 5.39. The van der Waals surface area contributed by atoms with Crippen LogP contribution in [0.4, 0.5) is 10.5 Å². The van der Waals surface area contributed by atoms with Crippen molar-refractivity contribution >= 4 is 41.2 Å². The number of amides is 3. The van der Waals surface area contributed by atoms with Crippen molar-refractivity contribution in [2.24, 2.45) is 5.92 Å². The Hall–Kier alpha value is -1.41. The van der Waals surface area contributed by atoms with E-state index in [0.29, 0.717) is 12.2 Å².